The molecular weight excluding hydrogens is 178 g/mol. The molecule has 1 rings (SSSR count). The van der Waals surface area contributed by atoms with Gasteiger partial charge in [-0.05, 0) is 6.07 Å². The number of pyridine rings is 1. The quantitative estimate of drug-likeness (QED) is 0.660. The first kappa shape index (κ1) is 8.88. The number of hydrogen-bond donors (Lipinski definition) is 0. The van der Waals surface area contributed by atoms with E-state index in [9.17, 15) is 0 Å². The molecule has 3 heteroatoms. The summed E-state index contributed by atoms with van der Waals surface area (Å²) in [5.41, 5.74) is 0. The topological polar surface area (TPSA) is 12.9 Å². The van der Waals surface area contributed by atoms with Crippen LogP contribution in [0.25, 0.3) is 0 Å². The molecule has 1 nitrogen and oxygen atoms in total. The predicted octanol–water partition coefficient (Wildman–Crippen LogP) is 3.24. The summed E-state index contributed by atoms with van der Waals surface area (Å²) in [6.45, 7) is 4.28. The van der Waals surface area contributed by atoms with Crippen molar-refractivity contribution in [2.75, 3.05) is 0 Å². The summed E-state index contributed by atoms with van der Waals surface area (Å²) in [5, 5.41) is 1.31. The van der Waals surface area contributed by atoms with Crippen molar-refractivity contribution < 1.29 is 0 Å². The van der Waals surface area contributed by atoms with E-state index < -0.39 is 0 Å². The van der Waals surface area contributed by atoms with Gasteiger partial charge in [-0.25, -0.2) is 0 Å². The van der Waals surface area contributed by atoms with Crippen LogP contribution in [0.4, 0.5) is 0 Å². The Balaban J connectivity index is 2.78. The van der Waals surface area contributed by atoms with Gasteiger partial charge in [-0.15, -0.1) is 11.8 Å². The maximum absolute atomic E-state index is 5.88. The molecule has 1 aromatic rings. The number of hydrogen-bond acceptors (Lipinski definition) is 2. The normalized spacial score (nSPS) is 10.5. The second kappa shape index (κ2) is 3.98. The SMILES string of the molecule is CC(C)Sc1ccncc1Cl. The highest BCUT2D eigenvalue weighted by Gasteiger charge is 2.01. The molecule has 0 unspecified atom stereocenters. The smallest absolute Gasteiger partial charge is 0.0725 e. The summed E-state index contributed by atoms with van der Waals surface area (Å²) in [6.07, 6.45) is 3.43. The lowest BCUT2D eigenvalue weighted by molar-refractivity contribution is 1.11. The zero-order valence-electron chi connectivity index (χ0n) is 6.54. The molecular formula is C8H10ClNS. The first-order chi connectivity index (χ1) is 5.20. The molecule has 0 saturated heterocycles. The number of aromatic nitrogens is 1. The molecule has 0 N–H and O–H groups in total. The number of thioether (sulfide) groups is 1. The average Bonchev–Trinajstić information content (AvgIpc) is 1.93. The van der Waals surface area contributed by atoms with Crippen LogP contribution in [0.1, 0.15) is 13.8 Å². The lowest BCUT2D eigenvalue weighted by atomic mass is 10.5. The molecule has 0 bridgehead atoms. The van der Waals surface area contributed by atoms with Crippen LogP contribution >= 0.6 is 23.4 Å². The van der Waals surface area contributed by atoms with Gasteiger partial charge in [0.2, 0.25) is 0 Å². The molecule has 0 aliphatic heterocycles. The molecule has 0 atom stereocenters. The number of rotatable bonds is 2. The third kappa shape index (κ3) is 2.72. The molecule has 0 radical (unpaired) electrons. The average molecular weight is 188 g/mol. The summed E-state index contributed by atoms with van der Waals surface area (Å²) in [7, 11) is 0. The fourth-order valence-electron chi connectivity index (χ4n) is 0.712. The summed E-state index contributed by atoms with van der Waals surface area (Å²) in [6, 6.07) is 1.94. The van der Waals surface area contributed by atoms with E-state index in [1.165, 1.54) is 0 Å². The highest BCUT2D eigenvalue weighted by atomic mass is 35.5. The molecule has 0 amide bonds. The van der Waals surface area contributed by atoms with Gasteiger partial charge in [0.1, 0.15) is 0 Å². The van der Waals surface area contributed by atoms with Crippen LogP contribution in [-0.4, -0.2) is 10.2 Å². The van der Waals surface area contributed by atoms with Gasteiger partial charge in [0.25, 0.3) is 0 Å². The Hall–Kier alpha value is -0.210. The van der Waals surface area contributed by atoms with Crippen molar-refractivity contribution in [3.05, 3.63) is 23.5 Å². The van der Waals surface area contributed by atoms with Gasteiger partial charge in [-0.1, -0.05) is 25.4 Å². The summed E-state index contributed by atoms with van der Waals surface area (Å²) in [4.78, 5) is 5.01. The summed E-state index contributed by atoms with van der Waals surface area (Å²) in [5.74, 6) is 0. The lowest BCUT2D eigenvalue weighted by Crippen LogP contribution is -1.86. The molecule has 0 aliphatic rings. The molecule has 1 aromatic heterocycles. The minimum absolute atomic E-state index is 0.565. The summed E-state index contributed by atoms with van der Waals surface area (Å²) < 4.78 is 0. The first-order valence-electron chi connectivity index (χ1n) is 3.46. The molecule has 1 heterocycles. The van der Waals surface area contributed by atoms with E-state index in [0.29, 0.717) is 5.25 Å². The second-order valence-electron chi connectivity index (χ2n) is 2.47. The molecule has 0 aromatic carbocycles. The lowest BCUT2D eigenvalue weighted by Gasteiger charge is -2.04. The van der Waals surface area contributed by atoms with Gasteiger partial charge in [0.15, 0.2) is 0 Å². The largest absolute Gasteiger partial charge is 0.263 e. The third-order valence-corrected chi connectivity index (χ3v) is 2.59. The van der Waals surface area contributed by atoms with Gasteiger partial charge in [-0.2, -0.15) is 0 Å². The van der Waals surface area contributed by atoms with E-state index in [1.54, 1.807) is 24.2 Å². The van der Waals surface area contributed by atoms with Crippen LogP contribution in [-0.2, 0) is 0 Å². The molecule has 0 saturated carbocycles. The molecule has 60 valence electrons. The zero-order valence-corrected chi connectivity index (χ0v) is 8.12. The van der Waals surface area contributed by atoms with E-state index in [4.69, 9.17) is 11.6 Å². The minimum Gasteiger partial charge on any atom is -0.263 e. The van der Waals surface area contributed by atoms with Crippen LogP contribution in [0, 0.1) is 0 Å². The van der Waals surface area contributed by atoms with Crippen LogP contribution in [0.3, 0.4) is 0 Å². The number of nitrogens with zero attached hydrogens (tertiary/aromatic N) is 1. The van der Waals surface area contributed by atoms with Crippen molar-refractivity contribution in [1.82, 2.24) is 4.98 Å². The Kier molecular flexibility index (Phi) is 3.21. The van der Waals surface area contributed by atoms with E-state index in [-0.39, 0.29) is 0 Å². The minimum atomic E-state index is 0.565. The van der Waals surface area contributed by atoms with Crippen LogP contribution in [0.5, 0.6) is 0 Å². The molecule has 0 spiro atoms. The maximum Gasteiger partial charge on any atom is 0.0725 e. The monoisotopic (exact) mass is 187 g/mol. The fourth-order valence-corrected chi connectivity index (χ4v) is 1.78. The van der Waals surface area contributed by atoms with E-state index in [2.05, 4.69) is 18.8 Å². The maximum atomic E-state index is 5.88. The van der Waals surface area contributed by atoms with Gasteiger partial charge in [0, 0.05) is 22.5 Å². The van der Waals surface area contributed by atoms with Gasteiger partial charge >= 0.3 is 0 Å². The van der Waals surface area contributed by atoms with Crippen molar-refractivity contribution in [3.8, 4) is 0 Å². The Morgan fingerprint density at radius 2 is 2.27 bits per heavy atom. The molecule has 11 heavy (non-hydrogen) atoms. The van der Waals surface area contributed by atoms with Crippen LogP contribution < -0.4 is 0 Å². The number of halogens is 1. The van der Waals surface area contributed by atoms with Crippen LogP contribution in [0.15, 0.2) is 23.4 Å². The second-order valence-corrected chi connectivity index (χ2v) is 4.50. The fraction of sp³-hybridized carbons (Fsp3) is 0.375. The van der Waals surface area contributed by atoms with Gasteiger partial charge in [0.05, 0.1) is 5.02 Å². The molecule has 0 fully saturated rings. The van der Waals surface area contributed by atoms with Gasteiger partial charge < -0.3 is 0 Å². The Morgan fingerprint density at radius 3 is 2.82 bits per heavy atom. The van der Waals surface area contributed by atoms with E-state index >= 15 is 0 Å². The zero-order chi connectivity index (χ0) is 8.27. The third-order valence-electron chi connectivity index (χ3n) is 1.10. The van der Waals surface area contributed by atoms with Crippen molar-refractivity contribution in [2.24, 2.45) is 0 Å². The van der Waals surface area contributed by atoms with Crippen molar-refractivity contribution in [3.63, 3.8) is 0 Å². The van der Waals surface area contributed by atoms with E-state index in [0.717, 1.165) is 9.92 Å². The van der Waals surface area contributed by atoms with E-state index in [1.807, 2.05) is 6.07 Å². The highest BCUT2D eigenvalue weighted by Crippen LogP contribution is 2.28. The highest BCUT2D eigenvalue weighted by molar-refractivity contribution is 8.00. The predicted molar refractivity (Wildman–Crippen MR) is 50.2 cm³/mol. The first-order valence-corrected chi connectivity index (χ1v) is 4.72. The summed E-state index contributed by atoms with van der Waals surface area (Å²) >= 11 is 7.64. The Bertz CT molecular complexity index is 237. The van der Waals surface area contributed by atoms with Crippen molar-refractivity contribution >= 4 is 23.4 Å². The molecule has 0 aliphatic carbocycles. The Morgan fingerprint density at radius 1 is 1.55 bits per heavy atom. The van der Waals surface area contributed by atoms with Gasteiger partial charge in [-0.3, -0.25) is 4.98 Å². The standard InChI is InChI=1S/C8H10ClNS/c1-6(2)11-8-3-4-10-5-7(8)9/h3-6H,1-2H3. The van der Waals surface area contributed by atoms with Crippen molar-refractivity contribution in [1.29, 1.82) is 0 Å². The van der Waals surface area contributed by atoms with Crippen molar-refractivity contribution in [2.45, 2.75) is 24.0 Å². The van der Waals surface area contributed by atoms with Crippen LogP contribution in [0.2, 0.25) is 5.02 Å². The Labute approximate surface area is 76.2 Å².